The number of para-hydroxylation sites is 1. The van der Waals surface area contributed by atoms with E-state index in [2.05, 4.69) is 29.8 Å². The van der Waals surface area contributed by atoms with Gasteiger partial charge >= 0.3 is 5.97 Å². The summed E-state index contributed by atoms with van der Waals surface area (Å²) in [5.41, 5.74) is 6.79. The van der Waals surface area contributed by atoms with Crippen molar-refractivity contribution in [3.63, 3.8) is 0 Å². The van der Waals surface area contributed by atoms with Crippen molar-refractivity contribution in [3.05, 3.63) is 28.2 Å². The molecule has 0 spiro atoms. The van der Waals surface area contributed by atoms with Gasteiger partial charge in [-0.15, -0.1) is 0 Å². The third-order valence-corrected chi connectivity index (χ3v) is 4.37. The number of rotatable bonds is 2. The van der Waals surface area contributed by atoms with Gasteiger partial charge in [0.1, 0.15) is 6.10 Å². The fraction of sp³-hybridized carbons (Fsp3) is 0.533. The van der Waals surface area contributed by atoms with Gasteiger partial charge in [0.15, 0.2) is 0 Å². The zero-order valence-electron chi connectivity index (χ0n) is 11.4. The molecule has 1 saturated carbocycles. The van der Waals surface area contributed by atoms with Crippen LogP contribution < -0.4 is 5.73 Å². The van der Waals surface area contributed by atoms with Gasteiger partial charge in [-0.3, -0.25) is 0 Å². The lowest BCUT2D eigenvalue weighted by atomic mass is 9.82. The number of ether oxygens (including phenoxy) is 1. The number of halogens is 1. The first-order valence-electron chi connectivity index (χ1n) is 6.72. The molecule has 0 heterocycles. The van der Waals surface area contributed by atoms with Gasteiger partial charge in [0, 0.05) is 4.47 Å². The second-order valence-corrected chi connectivity index (χ2v) is 6.50. The molecular formula is C15H20BrNO2. The predicted molar refractivity (Wildman–Crippen MR) is 79.9 cm³/mol. The van der Waals surface area contributed by atoms with Crippen LogP contribution in [0.5, 0.6) is 0 Å². The third-order valence-electron chi connectivity index (χ3n) is 3.68. The van der Waals surface area contributed by atoms with E-state index >= 15 is 0 Å². The van der Waals surface area contributed by atoms with E-state index in [1.807, 2.05) is 6.07 Å². The zero-order chi connectivity index (χ0) is 14.0. The smallest absolute Gasteiger partial charge is 0.340 e. The highest BCUT2D eigenvalue weighted by Gasteiger charge is 2.27. The van der Waals surface area contributed by atoms with Gasteiger partial charge < -0.3 is 10.5 Å². The number of nitrogen functional groups attached to an aromatic ring is 1. The maximum atomic E-state index is 12.2. The molecule has 2 rings (SSSR count). The summed E-state index contributed by atoms with van der Waals surface area (Å²) in [6.45, 7) is 4.42. The standard InChI is InChI=1S/C15H20BrNO2/c1-9-6-10(2)8-11(7-9)19-15(18)12-4-3-5-13(16)14(12)17/h3-5,9-11H,6-8,17H2,1-2H3. The van der Waals surface area contributed by atoms with Crippen LogP contribution in [0.2, 0.25) is 0 Å². The maximum Gasteiger partial charge on any atom is 0.340 e. The lowest BCUT2D eigenvalue weighted by Crippen LogP contribution is -2.28. The molecule has 0 aromatic heterocycles. The second kappa shape index (κ2) is 5.95. The van der Waals surface area contributed by atoms with Crippen molar-refractivity contribution in [3.8, 4) is 0 Å². The van der Waals surface area contributed by atoms with Crippen LogP contribution in [0.15, 0.2) is 22.7 Å². The molecule has 4 heteroatoms. The molecule has 0 amide bonds. The van der Waals surface area contributed by atoms with E-state index in [1.165, 1.54) is 6.42 Å². The molecule has 1 fully saturated rings. The van der Waals surface area contributed by atoms with E-state index in [0.29, 0.717) is 23.1 Å². The number of anilines is 1. The van der Waals surface area contributed by atoms with Crippen LogP contribution in [0, 0.1) is 11.8 Å². The van der Waals surface area contributed by atoms with Crippen LogP contribution in [0.1, 0.15) is 43.5 Å². The molecule has 19 heavy (non-hydrogen) atoms. The van der Waals surface area contributed by atoms with Crippen LogP contribution in [0.4, 0.5) is 5.69 Å². The van der Waals surface area contributed by atoms with Crippen LogP contribution in [0.3, 0.4) is 0 Å². The molecule has 2 N–H and O–H groups in total. The van der Waals surface area contributed by atoms with E-state index in [0.717, 1.165) is 17.3 Å². The SMILES string of the molecule is CC1CC(C)CC(OC(=O)c2cccc(Br)c2N)C1. The Morgan fingerprint density at radius 2 is 1.89 bits per heavy atom. The minimum Gasteiger partial charge on any atom is -0.459 e. The Hall–Kier alpha value is -1.03. The maximum absolute atomic E-state index is 12.2. The monoisotopic (exact) mass is 325 g/mol. The Morgan fingerprint density at radius 3 is 2.53 bits per heavy atom. The molecule has 0 saturated heterocycles. The molecule has 1 aliphatic carbocycles. The molecule has 0 aliphatic heterocycles. The number of benzene rings is 1. The summed E-state index contributed by atoms with van der Waals surface area (Å²) in [5, 5.41) is 0. The molecule has 0 bridgehead atoms. The predicted octanol–water partition coefficient (Wildman–Crippen LogP) is 4.01. The Balaban J connectivity index is 2.06. The normalized spacial score (nSPS) is 27.0. The fourth-order valence-electron chi connectivity index (χ4n) is 2.90. The molecule has 2 unspecified atom stereocenters. The van der Waals surface area contributed by atoms with E-state index in [4.69, 9.17) is 10.5 Å². The Morgan fingerprint density at radius 1 is 1.26 bits per heavy atom. The Bertz CT molecular complexity index is 465. The number of carbonyl (C=O) groups is 1. The minimum absolute atomic E-state index is 0.0182. The first-order valence-corrected chi connectivity index (χ1v) is 7.51. The van der Waals surface area contributed by atoms with Crippen molar-refractivity contribution in [2.75, 3.05) is 5.73 Å². The lowest BCUT2D eigenvalue weighted by molar-refractivity contribution is 0.00817. The van der Waals surface area contributed by atoms with Gasteiger partial charge in [0.2, 0.25) is 0 Å². The summed E-state index contributed by atoms with van der Waals surface area (Å²) in [5.74, 6) is 0.910. The average Bonchev–Trinajstić information content (AvgIpc) is 2.31. The fourth-order valence-corrected chi connectivity index (χ4v) is 3.27. The summed E-state index contributed by atoms with van der Waals surface area (Å²) < 4.78 is 6.34. The summed E-state index contributed by atoms with van der Waals surface area (Å²) in [6, 6.07) is 5.32. The molecular weight excluding hydrogens is 306 g/mol. The quantitative estimate of drug-likeness (QED) is 0.660. The van der Waals surface area contributed by atoms with E-state index in [1.54, 1.807) is 12.1 Å². The second-order valence-electron chi connectivity index (χ2n) is 5.65. The van der Waals surface area contributed by atoms with Gasteiger partial charge in [-0.1, -0.05) is 19.9 Å². The van der Waals surface area contributed by atoms with Gasteiger partial charge in [0.25, 0.3) is 0 Å². The minimum atomic E-state index is -0.315. The van der Waals surface area contributed by atoms with E-state index in [9.17, 15) is 4.79 Å². The summed E-state index contributed by atoms with van der Waals surface area (Å²) in [7, 11) is 0. The number of carbonyl (C=O) groups excluding carboxylic acids is 1. The number of hydrogen-bond donors (Lipinski definition) is 1. The van der Waals surface area contributed by atoms with Crippen molar-refractivity contribution >= 4 is 27.6 Å². The lowest BCUT2D eigenvalue weighted by Gasteiger charge is -2.31. The van der Waals surface area contributed by atoms with Crippen LogP contribution >= 0.6 is 15.9 Å². The summed E-state index contributed by atoms with van der Waals surface area (Å²) in [4.78, 5) is 12.2. The Labute approximate surface area is 122 Å². The summed E-state index contributed by atoms with van der Waals surface area (Å²) >= 11 is 3.33. The molecule has 1 aliphatic rings. The highest BCUT2D eigenvalue weighted by molar-refractivity contribution is 9.10. The van der Waals surface area contributed by atoms with Gasteiger partial charge in [-0.05, 0) is 59.2 Å². The van der Waals surface area contributed by atoms with Crippen molar-refractivity contribution < 1.29 is 9.53 Å². The number of nitrogens with two attached hydrogens (primary N) is 1. The van der Waals surface area contributed by atoms with Crippen molar-refractivity contribution in [2.24, 2.45) is 11.8 Å². The van der Waals surface area contributed by atoms with Gasteiger partial charge in [-0.25, -0.2) is 4.79 Å². The average molecular weight is 326 g/mol. The van der Waals surface area contributed by atoms with Crippen LogP contribution in [0.25, 0.3) is 0 Å². The van der Waals surface area contributed by atoms with Crippen molar-refractivity contribution in [1.29, 1.82) is 0 Å². The molecule has 1 aromatic carbocycles. The van der Waals surface area contributed by atoms with E-state index < -0.39 is 0 Å². The van der Waals surface area contributed by atoms with E-state index in [-0.39, 0.29) is 12.1 Å². The Kier molecular flexibility index (Phi) is 4.50. The molecule has 1 aromatic rings. The number of esters is 1. The number of hydrogen-bond acceptors (Lipinski definition) is 3. The summed E-state index contributed by atoms with van der Waals surface area (Å²) in [6.07, 6.45) is 3.13. The van der Waals surface area contributed by atoms with Crippen molar-refractivity contribution in [2.45, 2.75) is 39.2 Å². The molecule has 0 radical (unpaired) electrons. The van der Waals surface area contributed by atoms with Crippen LogP contribution in [-0.2, 0) is 4.74 Å². The van der Waals surface area contributed by atoms with Crippen LogP contribution in [-0.4, -0.2) is 12.1 Å². The first-order chi connectivity index (χ1) is 8.97. The largest absolute Gasteiger partial charge is 0.459 e. The molecule has 2 atom stereocenters. The van der Waals surface area contributed by atoms with Gasteiger partial charge in [-0.2, -0.15) is 0 Å². The third kappa shape index (κ3) is 3.50. The first kappa shape index (κ1) is 14.4. The van der Waals surface area contributed by atoms with Crippen molar-refractivity contribution in [1.82, 2.24) is 0 Å². The van der Waals surface area contributed by atoms with Gasteiger partial charge in [0.05, 0.1) is 11.3 Å². The molecule has 104 valence electrons. The highest BCUT2D eigenvalue weighted by atomic mass is 79.9. The highest BCUT2D eigenvalue weighted by Crippen LogP contribution is 2.31. The topological polar surface area (TPSA) is 52.3 Å². The molecule has 3 nitrogen and oxygen atoms in total. The zero-order valence-corrected chi connectivity index (χ0v) is 12.9.